The van der Waals surface area contributed by atoms with E-state index in [1.54, 1.807) is 0 Å². The molecule has 0 aliphatic carbocycles. The first-order valence-corrected chi connectivity index (χ1v) is 6.43. The molecule has 16 heavy (non-hydrogen) atoms. The monoisotopic (exact) mass is 300 g/mol. The molecule has 88 valence electrons. The average molecular weight is 301 g/mol. The fourth-order valence-corrected chi connectivity index (χ4v) is 1.81. The molecule has 0 amide bonds. The van der Waals surface area contributed by atoms with Crippen LogP contribution in [0.2, 0.25) is 0 Å². The molecule has 2 nitrogen and oxygen atoms in total. The maximum Gasteiger partial charge on any atom is 0.106 e. The number of rotatable bonds is 4. The maximum atomic E-state index is 5.71. The Morgan fingerprint density at radius 2 is 2.12 bits per heavy atom. The summed E-state index contributed by atoms with van der Waals surface area (Å²) in [5, 5.41) is 3.46. The van der Waals surface area contributed by atoms with E-state index in [2.05, 4.69) is 42.0 Å². The molecule has 0 spiro atoms. The van der Waals surface area contributed by atoms with E-state index in [1.165, 1.54) is 0 Å². The Morgan fingerprint density at radius 3 is 2.62 bits per heavy atom. The predicted octanol–water partition coefficient (Wildman–Crippen LogP) is 3.68. The highest BCUT2D eigenvalue weighted by atomic mass is 79.9. The lowest BCUT2D eigenvalue weighted by molar-refractivity contribution is 0.547. The van der Waals surface area contributed by atoms with Gasteiger partial charge in [-0.25, -0.2) is 0 Å². The highest BCUT2D eigenvalue weighted by Gasteiger charge is 2.16. The number of halogens is 1. The quantitative estimate of drug-likeness (QED) is 0.833. The molecule has 4 heteroatoms. The van der Waals surface area contributed by atoms with Crippen LogP contribution in [-0.2, 0) is 0 Å². The van der Waals surface area contributed by atoms with Crippen LogP contribution < -0.4 is 11.1 Å². The van der Waals surface area contributed by atoms with Gasteiger partial charge in [0.1, 0.15) is 4.99 Å². The van der Waals surface area contributed by atoms with Crippen LogP contribution in [0.4, 0.5) is 5.69 Å². The SMILES string of the molecule is CCC(C)(C)Nc1ccc(Br)cc1C(N)=S. The Kier molecular flexibility index (Phi) is 4.33. The molecule has 0 heterocycles. The Hall–Kier alpha value is -0.610. The Labute approximate surface area is 111 Å². The van der Waals surface area contributed by atoms with E-state index in [9.17, 15) is 0 Å². The van der Waals surface area contributed by atoms with Gasteiger partial charge in [0, 0.05) is 21.3 Å². The molecule has 1 aromatic rings. The van der Waals surface area contributed by atoms with Gasteiger partial charge in [0.15, 0.2) is 0 Å². The largest absolute Gasteiger partial charge is 0.389 e. The van der Waals surface area contributed by atoms with Crippen molar-refractivity contribution in [2.75, 3.05) is 5.32 Å². The average Bonchev–Trinajstić information content (AvgIpc) is 2.20. The molecule has 0 bridgehead atoms. The van der Waals surface area contributed by atoms with E-state index in [-0.39, 0.29) is 5.54 Å². The second kappa shape index (κ2) is 5.15. The molecule has 0 saturated heterocycles. The summed E-state index contributed by atoms with van der Waals surface area (Å²) < 4.78 is 0.982. The van der Waals surface area contributed by atoms with Crippen LogP contribution in [0, 0.1) is 0 Å². The Bertz CT molecular complexity index is 402. The Balaban J connectivity index is 3.09. The summed E-state index contributed by atoms with van der Waals surface area (Å²) >= 11 is 8.47. The van der Waals surface area contributed by atoms with Gasteiger partial charge in [0.05, 0.1) is 0 Å². The lowest BCUT2D eigenvalue weighted by atomic mass is 10.0. The predicted molar refractivity (Wildman–Crippen MR) is 78.0 cm³/mol. The van der Waals surface area contributed by atoms with Crippen molar-refractivity contribution in [1.82, 2.24) is 0 Å². The van der Waals surface area contributed by atoms with Crippen molar-refractivity contribution in [2.24, 2.45) is 5.73 Å². The molecule has 0 atom stereocenters. The first-order valence-electron chi connectivity index (χ1n) is 5.23. The molecule has 1 rings (SSSR count). The minimum Gasteiger partial charge on any atom is -0.389 e. The van der Waals surface area contributed by atoms with Gasteiger partial charge in [0.2, 0.25) is 0 Å². The zero-order valence-corrected chi connectivity index (χ0v) is 12.2. The van der Waals surface area contributed by atoms with Gasteiger partial charge in [-0.05, 0) is 38.5 Å². The van der Waals surface area contributed by atoms with Gasteiger partial charge >= 0.3 is 0 Å². The van der Waals surface area contributed by atoms with Crippen LogP contribution in [0.1, 0.15) is 32.8 Å². The van der Waals surface area contributed by atoms with Crippen LogP contribution in [0.5, 0.6) is 0 Å². The van der Waals surface area contributed by atoms with Gasteiger partial charge in [-0.3, -0.25) is 0 Å². The molecule has 0 fully saturated rings. The number of hydrogen-bond acceptors (Lipinski definition) is 2. The van der Waals surface area contributed by atoms with Gasteiger partial charge in [-0.1, -0.05) is 35.1 Å². The molecule has 3 N–H and O–H groups in total. The standard InChI is InChI=1S/C12H17BrN2S/c1-4-12(2,3)15-10-6-5-8(13)7-9(10)11(14)16/h5-7,15H,4H2,1-3H3,(H2,14,16). The highest BCUT2D eigenvalue weighted by molar-refractivity contribution is 9.10. The van der Waals surface area contributed by atoms with Crippen molar-refractivity contribution in [3.8, 4) is 0 Å². The zero-order valence-electron chi connectivity index (χ0n) is 9.80. The molecule has 0 saturated carbocycles. The third-order valence-electron chi connectivity index (χ3n) is 2.60. The third-order valence-corrected chi connectivity index (χ3v) is 3.32. The summed E-state index contributed by atoms with van der Waals surface area (Å²) in [6.07, 6.45) is 1.03. The molecule has 1 aromatic carbocycles. The third kappa shape index (κ3) is 3.46. The first-order chi connectivity index (χ1) is 7.35. The fraction of sp³-hybridized carbons (Fsp3) is 0.417. The van der Waals surface area contributed by atoms with Gasteiger partial charge in [0.25, 0.3) is 0 Å². The number of anilines is 1. The van der Waals surface area contributed by atoms with Crippen LogP contribution in [0.3, 0.4) is 0 Å². The number of hydrogen-bond donors (Lipinski definition) is 2. The summed E-state index contributed by atoms with van der Waals surface area (Å²) in [5.74, 6) is 0. The van der Waals surface area contributed by atoms with Crippen molar-refractivity contribution < 1.29 is 0 Å². The summed E-state index contributed by atoms with van der Waals surface area (Å²) in [7, 11) is 0. The van der Waals surface area contributed by atoms with Crippen molar-refractivity contribution in [2.45, 2.75) is 32.7 Å². The van der Waals surface area contributed by atoms with Crippen molar-refractivity contribution in [3.63, 3.8) is 0 Å². The highest BCUT2D eigenvalue weighted by Crippen LogP contribution is 2.25. The lowest BCUT2D eigenvalue weighted by Gasteiger charge is -2.27. The summed E-state index contributed by atoms with van der Waals surface area (Å²) in [5.41, 5.74) is 7.62. The number of nitrogens with two attached hydrogens (primary N) is 1. The summed E-state index contributed by atoms with van der Waals surface area (Å²) in [6.45, 7) is 6.45. The zero-order chi connectivity index (χ0) is 12.3. The topological polar surface area (TPSA) is 38.0 Å². The number of thiocarbonyl (C=S) groups is 1. The van der Waals surface area contributed by atoms with Crippen LogP contribution in [0.25, 0.3) is 0 Å². The lowest BCUT2D eigenvalue weighted by Crippen LogP contribution is -2.31. The van der Waals surface area contributed by atoms with E-state index in [0.29, 0.717) is 4.99 Å². The van der Waals surface area contributed by atoms with Crippen molar-refractivity contribution >= 4 is 38.8 Å². The van der Waals surface area contributed by atoms with Gasteiger partial charge in [-0.2, -0.15) is 0 Å². The molecule has 0 unspecified atom stereocenters. The summed E-state index contributed by atoms with van der Waals surface area (Å²) in [4.78, 5) is 0.413. The van der Waals surface area contributed by atoms with E-state index in [0.717, 1.165) is 22.1 Å². The molecule has 0 aromatic heterocycles. The fourth-order valence-electron chi connectivity index (χ4n) is 1.28. The van der Waals surface area contributed by atoms with E-state index in [4.69, 9.17) is 18.0 Å². The van der Waals surface area contributed by atoms with E-state index >= 15 is 0 Å². The molecule has 0 aliphatic rings. The summed E-state index contributed by atoms with van der Waals surface area (Å²) in [6, 6.07) is 5.92. The molecule has 0 aliphatic heterocycles. The van der Waals surface area contributed by atoms with Crippen LogP contribution in [0.15, 0.2) is 22.7 Å². The second-order valence-corrected chi connectivity index (χ2v) is 5.77. The second-order valence-electron chi connectivity index (χ2n) is 4.42. The minimum atomic E-state index is 0.0351. The number of nitrogens with one attached hydrogen (secondary N) is 1. The maximum absolute atomic E-state index is 5.71. The van der Waals surface area contributed by atoms with Crippen LogP contribution in [-0.4, -0.2) is 10.5 Å². The van der Waals surface area contributed by atoms with Crippen molar-refractivity contribution in [3.05, 3.63) is 28.2 Å². The Morgan fingerprint density at radius 1 is 1.50 bits per heavy atom. The molecular formula is C12H17BrN2S. The normalized spacial score (nSPS) is 11.2. The van der Waals surface area contributed by atoms with Crippen LogP contribution >= 0.6 is 28.1 Å². The number of benzene rings is 1. The smallest absolute Gasteiger partial charge is 0.106 e. The van der Waals surface area contributed by atoms with E-state index < -0.39 is 0 Å². The molecular weight excluding hydrogens is 284 g/mol. The van der Waals surface area contributed by atoms with Gasteiger partial charge < -0.3 is 11.1 Å². The van der Waals surface area contributed by atoms with Gasteiger partial charge in [-0.15, -0.1) is 0 Å². The minimum absolute atomic E-state index is 0.0351. The van der Waals surface area contributed by atoms with Crippen molar-refractivity contribution in [1.29, 1.82) is 0 Å². The van der Waals surface area contributed by atoms with E-state index in [1.807, 2.05) is 18.2 Å². The first kappa shape index (κ1) is 13.5. The molecule has 0 radical (unpaired) electrons.